The fraction of sp³-hybridized carbons (Fsp3) is 0.0833. The highest BCUT2D eigenvalue weighted by molar-refractivity contribution is 7.71. The Bertz CT molecular complexity index is 592. The molecule has 1 heterocycles. The highest BCUT2D eigenvalue weighted by Gasteiger charge is 1.95. The van der Waals surface area contributed by atoms with Crippen molar-refractivity contribution in [1.29, 1.82) is 0 Å². The Balaban J connectivity index is 2.09. The number of benzene rings is 1. The maximum Gasteiger partial charge on any atom is 0.216 e. The van der Waals surface area contributed by atoms with E-state index >= 15 is 0 Å². The lowest BCUT2D eigenvalue weighted by molar-refractivity contribution is 0.821. The summed E-state index contributed by atoms with van der Waals surface area (Å²) < 4.78 is 2.07. The summed E-state index contributed by atoms with van der Waals surface area (Å²) in [5, 5.41) is 10.8. The molecule has 0 aliphatic carbocycles. The second-order valence-corrected chi connectivity index (χ2v) is 3.81. The molecule has 4 nitrogen and oxygen atoms in total. The molecule has 1 aromatic carbocycles. The van der Waals surface area contributed by atoms with Crippen molar-refractivity contribution in [3.63, 3.8) is 0 Å². The number of aromatic nitrogens is 3. The minimum absolute atomic E-state index is 0.492. The van der Waals surface area contributed by atoms with Crippen LogP contribution in [-0.2, 0) is 0 Å². The van der Waals surface area contributed by atoms with Crippen LogP contribution >= 0.6 is 12.2 Å². The van der Waals surface area contributed by atoms with E-state index in [0.29, 0.717) is 4.77 Å². The Morgan fingerprint density at radius 2 is 2.12 bits per heavy atom. The lowest BCUT2D eigenvalue weighted by Crippen LogP contribution is -1.91. The minimum Gasteiger partial charge on any atom is -0.250 e. The Labute approximate surface area is 104 Å². The first-order chi connectivity index (χ1) is 8.27. The van der Waals surface area contributed by atoms with Crippen LogP contribution in [0.1, 0.15) is 11.4 Å². The van der Waals surface area contributed by atoms with E-state index in [0.717, 1.165) is 11.4 Å². The van der Waals surface area contributed by atoms with Crippen molar-refractivity contribution >= 4 is 24.5 Å². The van der Waals surface area contributed by atoms with Crippen LogP contribution < -0.4 is 0 Å². The first kappa shape index (κ1) is 11.5. The normalized spacial score (nSPS) is 11.6. The maximum absolute atomic E-state index is 5.02. The summed E-state index contributed by atoms with van der Waals surface area (Å²) in [6, 6.07) is 10.0. The summed E-state index contributed by atoms with van der Waals surface area (Å²) in [6.45, 7) is 1.84. The minimum atomic E-state index is 0.492. The van der Waals surface area contributed by atoms with Crippen molar-refractivity contribution in [1.82, 2.24) is 14.9 Å². The molecule has 5 heteroatoms. The Kier molecular flexibility index (Phi) is 3.62. The third kappa shape index (κ3) is 2.98. The molecule has 0 aliphatic rings. The number of aryl methyl sites for hydroxylation is 1. The molecule has 1 N–H and O–H groups in total. The average Bonchev–Trinajstić information content (AvgIpc) is 2.67. The van der Waals surface area contributed by atoms with Gasteiger partial charge in [-0.15, -0.1) is 0 Å². The van der Waals surface area contributed by atoms with Crippen LogP contribution in [0.3, 0.4) is 0 Å². The zero-order valence-corrected chi connectivity index (χ0v) is 10.2. The smallest absolute Gasteiger partial charge is 0.216 e. The lowest BCUT2D eigenvalue weighted by atomic mass is 10.2. The second kappa shape index (κ2) is 5.36. The summed E-state index contributed by atoms with van der Waals surface area (Å²) >= 11 is 5.02. The summed E-state index contributed by atoms with van der Waals surface area (Å²) in [4.78, 5) is 0. The van der Waals surface area contributed by atoms with Crippen LogP contribution in [0.4, 0.5) is 0 Å². The fourth-order valence-electron chi connectivity index (χ4n) is 1.33. The molecule has 2 rings (SSSR count). The molecule has 0 saturated heterocycles. The number of nitrogens with zero attached hydrogens (tertiary/aromatic N) is 3. The van der Waals surface area contributed by atoms with E-state index < -0.39 is 0 Å². The van der Waals surface area contributed by atoms with Gasteiger partial charge in [-0.1, -0.05) is 36.4 Å². The number of rotatable bonds is 3. The van der Waals surface area contributed by atoms with Gasteiger partial charge in [-0.25, -0.2) is 0 Å². The van der Waals surface area contributed by atoms with E-state index in [9.17, 15) is 0 Å². The largest absolute Gasteiger partial charge is 0.250 e. The van der Waals surface area contributed by atoms with Gasteiger partial charge >= 0.3 is 0 Å². The van der Waals surface area contributed by atoms with Crippen LogP contribution in [0, 0.1) is 11.7 Å². The molecular weight excluding hydrogens is 232 g/mol. The molecule has 0 amide bonds. The lowest BCUT2D eigenvalue weighted by Gasteiger charge is -1.91. The van der Waals surface area contributed by atoms with Crippen LogP contribution in [0.15, 0.2) is 41.5 Å². The predicted octanol–water partition coefficient (Wildman–Crippen LogP) is 2.80. The van der Waals surface area contributed by atoms with Gasteiger partial charge in [0.15, 0.2) is 0 Å². The first-order valence-corrected chi connectivity index (χ1v) is 5.58. The van der Waals surface area contributed by atoms with Gasteiger partial charge in [0.2, 0.25) is 4.77 Å². The number of hydrogen-bond donors (Lipinski definition) is 1. The van der Waals surface area contributed by atoms with Gasteiger partial charge < -0.3 is 0 Å². The monoisotopic (exact) mass is 244 g/mol. The number of aromatic amines is 1. The summed E-state index contributed by atoms with van der Waals surface area (Å²) in [5.41, 5.74) is 1.13. The van der Waals surface area contributed by atoms with Gasteiger partial charge in [0.25, 0.3) is 0 Å². The molecular formula is C12H12N4S. The fourth-order valence-corrected chi connectivity index (χ4v) is 1.55. The van der Waals surface area contributed by atoms with E-state index in [1.165, 1.54) is 0 Å². The summed E-state index contributed by atoms with van der Waals surface area (Å²) in [6.07, 6.45) is 5.53. The molecule has 0 spiro atoms. The Morgan fingerprint density at radius 3 is 2.76 bits per heavy atom. The highest BCUT2D eigenvalue weighted by Crippen LogP contribution is 2.00. The van der Waals surface area contributed by atoms with Crippen LogP contribution in [0.5, 0.6) is 0 Å². The first-order valence-electron chi connectivity index (χ1n) is 5.17. The van der Waals surface area contributed by atoms with Crippen molar-refractivity contribution in [2.45, 2.75) is 6.92 Å². The molecule has 1 aromatic heterocycles. The van der Waals surface area contributed by atoms with Crippen LogP contribution in [0.2, 0.25) is 0 Å². The topological polar surface area (TPSA) is 46.0 Å². The number of hydrogen-bond acceptors (Lipinski definition) is 3. The van der Waals surface area contributed by atoms with E-state index in [2.05, 4.69) is 15.3 Å². The molecule has 0 unspecified atom stereocenters. The Morgan fingerprint density at radius 1 is 1.35 bits per heavy atom. The van der Waals surface area contributed by atoms with Crippen molar-refractivity contribution in [3.05, 3.63) is 52.6 Å². The molecule has 0 aliphatic heterocycles. The molecule has 2 aromatic rings. The van der Waals surface area contributed by atoms with Gasteiger partial charge in [-0.05, 0) is 30.8 Å². The quantitative estimate of drug-likeness (QED) is 0.666. The predicted molar refractivity (Wildman–Crippen MR) is 71.5 cm³/mol. The van der Waals surface area contributed by atoms with E-state index in [4.69, 9.17) is 12.2 Å². The standard InChI is InChI=1S/C12H12N4S/c1-10-14-15-12(17)16(10)13-9-5-8-11-6-3-2-4-7-11/h2-9H,1H3,(H,15,17). The van der Waals surface area contributed by atoms with Gasteiger partial charge in [0.05, 0.1) is 0 Å². The number of allylic oxidation sites excluding steroid dienone is 1. The Hall–Kier alpha value is -2.01. The number of H-pyrrole nitrogens is 1. The molecule has 0 saturated carbocycles. The molecule has 0 atom stereocenters. The van der Waals surface area contributed by atoms with E-state index in [-0.39, 0.29) is 0 Å². The average molecular weight is 244 g/mol. The number of nitrogens with one attached hydrogen (secondary N) is 1. The van der Waals surface area contributed by atoms with Crippen LogP contribution in [0.25, 0.3) is 6.08 Å². The molecule has 0 radical (unpaired) electrons. The molecule has 86 valence electrons. The van der Waals surface area contributed by atoms with Crippen LogP contribution in [-0.4, -0.2) is 21.1 Å². The zero-order valence-electron chi connectivity index (χ0n) is 9.37. The van der Waals surface area contributed by atoms with Crippen molar-refractivity contribution in [2.75, 3.05) is 0 Å². The molecule has 0 fully saturated rings. The van der Waals surface area contributed by atoms with Gasteiger partial charge in [0.1, 0.15) is 5.82 Å². The highest BCUT2D eigenvalue weighted by atomic mass is 32.1. The van der Waals surface area contributed by atoms with Gasteiger partial charge in [0, 0.05) is 6.21 Å². The SMILES string of the molecule is Cc1n[nH]c(=S)n1N=CC=Cc1ccccc1. The van der Waals surface area contributed by atoms with Gasteiger partial charge in [-0.2, -0.15) is 14.9 Å². The summed E-state index contributed by atoms with van der Waals surface area (Å²) in [7, 11) is 0. The van der Waals surface area contributed by atoms with Gasteiger partial charge in [-0.3, -0.25) is 5.10 Å². The van der Waals surface area contributed by atoms with Crippen molar-refractivity contribution in [3.8, 4) is 0 Å². The summed E-state index contributed by atoms with van der Waals surface area (Å²) in [5.74, 6) is 0.736. The third-order valence-corrected chi connectivity index (χ3v) is 2.43. The molecule has 17 heavy (non-hydrogen) atoms. The maximum atomic E-state index is 5.02. The third-order valence-electron chi connectivity index (χ3n) is 2.17. The second-order valence-electron chi connectivity index (χ2n) is 3.42. The zero-order chi connectivity index (χ0) is 12.1. The molecule has 0 bridgehead atoms. The van der Waals surface area contributed by atoms with Crippen molar-refractivity contribution in [2.24, 2.45) is 5.10 Å². The van der Waals surface area contributed by atoms with E-state index in [1.807, 2.05) is 49.4 Å². The van der Waals surface area contributed by atoms with Crippen molar-refractivity contribution < 1.29 is 0 Å². The van der Waals surface area contributed by atoms with E-state index in [1.54, 1.807) is 10.9 Å².